The summed E-state index contributed by atoms with van der Waals surface area (Å²) in [5.41, 5.74) is 11.3. The van der Waals surface area contributed by atoms with Gasteiger partial charge >= 0.3 is 0 Å². The summed E-state index contributed by atoms with van der Waals surface area (Å²) in [6, 6.07) is 50.5. The Morgan fingerprint density at radius 1 is 0.492 bits per heavy atom. The Morgan fingerprint density at radius 2 is 1.05 bits per heavy atom. The first-order valence-electron chi connectivity index (χ1n) is 24.8. The van der Waals surface area contributed by atoms with E-state index in [0.29, 0.717) is 41.4 Å². The van der Waals surface area contributed by atoms with Crippen LogP contribution in [0.3, 0.4) is 0 Å². The number of benzene rings is 5. The topological polar surface area (TPSA) is 30.0 Å². The van der Waals surface area contributed by atoms with Gasteiger partial charge in [0.05, 0.1) is 0 Å². The molecule has 1 saturated carbocycles. The van der Waals surface area contributed by atoms with Crippen molar-refractivity contribution < 1.29 is 4.79 Å². The van der Waals surface area contributed by atoms with Crippen molar-refractivity contribution in [3.05, 3.63) is 167 Å². The van der Waals surface area contributed by atoms with Crippen molar-refractivity contribution in [2.45, 2.75) is 88.5 Å². The molecule has 0 radical (unpaired) electrons. The Morgan fingerprint density at radius 3 is 1.70 bits per heavy atom. The van der Waals surface area contributed by atoms with Gasteiger partial charge in [-0.1, -0.05) is 152 Å². The van der Waals surface area contributed by atoms with Crippen molar-refractivity contribution in [3.63, 3.8) is 0 Å². The fourth-order valence-electron chi connectivity index (χ4n) is 12.6. The third-order valence-corrected chi connectivity index (χ3v) is 16.2. The molecule has 4 aliphatic heterocycles. The number of carbonyl (C=O) groups excluding carboxylic acids is 1. The first-order chi connectivity index (χ1) is 31.0. The molecule has 1 unspecified atom stereocenters. The lowest BCUT2D eigenvalue weighted by molar-refractivity contribution is -0.134. The molecule has 1 amide bonds. The van der Waals surface area contributed by atoms with Crippen LogP contribution in [-0.4, -0.2) is 91.0 Å². The van der Waals surface area contributed by atoms with Crippen molar-refractivity contribution in [3.8, 4) is 11.1 Å². The molecule has 5 heteroatoms. The predicted molar refractivity (Wildman–Crippen MR) is 259 cm³/mol. The van der Waals surface area contributed by atoms with Crippen LogP contribution in [0, 0.1) is 24.7 Å². The van der Waals surface area contributed by atoms with Gasteiger partial charge in [0, 0.05) is 63.6 Å². The summed E-state index contributed by atoms with van der Waals surface area (Å²) in [5, 5.41) is 0. The molecular formula is C58H70N4O. The summed E-state index contributed by atoms with van der Waals surface area (Å²) in [6.45, 7) is 14.3. The molecule has 5 nitrogen and oxygen atoms in total. The highest BCUT2D eigenvalue weighted by Gasteiger charge is 2.40. The molecule has 5 fully saturated rings. The van der Waals surface area contributed by atoms with Gasteiger partial charge in [-0.2, -0.15) is 0 Å². The average molecular weight is 839 g/mol. The van der Waals surface area contributed by atoms with Gasteiger partial charge in [-0.25, -0.2) is 0 Å². The number of rotatable bonds is 12. The maximum Gasteiger partial charge on any atom is 0.225 e. The minimum atomic E-state index is 0.239. The van der Waals surface area contributed by atoms with Gasteiger partial charge in [0.1, 0.15) is 0 Å². The zero-order valence-electron chi connectivity index (χ0n) is 37.9. The molecule has 63 heavy (non-hydrogen) atoms. The molecule has 0 bridgehead atoms. The minimum Gasteiger partial charge on any atom is -0.341 e. The summed E-state index contributed by atoms with van der Waals surface area (Å²) in [7, 11) is 0. The fraction of sp³-hybridized carbons (Fsp3) is 0.466. The zero-order valence-corrected chi connectivity index (χ0v) is 37.9. The summed E-state index contributed by atoms with van der Waals surface area (Å²) < 4.78 is 0. The molecule has 4 heterocycles. The molecule has 10 rings (SSSR count). The summed E-state index contributed by atoms with van der Waals surface area (Å²) >= 11 is 0. The number of nitrogens with zero attached hydrogens (tertiary/aromatic N) is 4. The van der Waals surface area contributed by atoms with Gasteiger partial charge < -0.3 is 14.7 Å². The second-order valence-electron chi connectivity index (χ2n) is 20.4. The third-order valence-electron chi connectivity index (χ3n) is 16.2. The van der Waals surface area contributed by atoms with E-state index in [4.69, 9.17) is 0 Å². The second kappa shape index (κ2) is 19.7. The van der Waals surface area contributed by atoms with Crippen LogP contribution in [0.25, 0.3) is 11.1 Å². The Bertz CT molecular complexity index is 2240. The molecular weight excluding hydrogens is 769 g/mol. The quantitative estimate of drug-likeness (QED) is 0.125. The minimum absolute atomic E-state index is 0.239. The number of aryl methyl sites for hydroxylation is 1. The molecule has 5 aromatic carbocycles. The standard InChI is InChI=1S/C58H70N4O/c1-43-12-10-20-52(34-43)56-41-61(36-44-13-4-2-5-14-44)39-54(56)37-59-32-28-49(29-33-59)46-22-24-47(25-23-46)51-19-11-21-53(35-51)57-42-62(58(63)50-17-8-9-18-50)40-55(57)38-60-30-26-48(27-31-60)45-15-6-3-7-16-45/h2-7,10-16,19-25,34-35,48-50,54-57H,8-9,17-18,26-33,36-42H2,1H3/t54-,55?,56+,57+/m0/s1. The van der Waals surface area contributed by atoms with Crippen LogP contribution in [0.5, 0.6) is 0 Å². The molecule has 5 aromatic rings. The summed E-state index contributed by atoms with van der Waals surface area (Å²) in [4.78, 5) is 24.3. The van der Waals surface area contributed by atoms with Crippen LogP contribution in [0.1, 0.15) is 108 Å². The van der Waals surface area contributed by atoms with Crippen molar-refractivity contribution in [1.29, 1.82) is 0 Å². The van der Waals surface area contributed by atoms with Gasteiger partial charge in [-0.15, -0.1) is 0 Å². The lowest BCUT2D eigenvalue weighted by Gasteiger charge is -2.35. The van der Waals surface area contributed by atoms with Gasteiger partial charge in [-0.05, 0) is 134 Å². The van der Waals surface area contributed by atoms with E-state index >= 15 is 0 Å². The van der Waals surface area contributed by atoms with E-state index in [1.807, 2.05) is 0 Å². The Labute approximate surface area is 378 Å². The van der Waals surface area contributed by atoms with Crippen LogP contribution in [0.15, 0.2) is 133 Å². The second-order valence-corrected chi connectivity index (χ2v) is 20.4. The molecule has 5 aliphatic rings. The number of carbonyl (C=O) groups is 1. The van der Waals surface area contributed by atoms with E-state index in [-0.39, 0.29) is 5.92 Å². The highest BCUT2D eigenvalue weighted by Crippen LogP contribution is 2.40. The largest absolute Gasteiger partial charge is 0.341 e. The molecule has 0 N–H and O–H groups in total. The number of likely N-dealkylation sites (tertiary alicyclic amines) is 4. The zero-order chi connectivity index (χ0) is 42.5. The van der Waals surface area contributed by atoms with Crippen LogP contribution in [0.4, 0.5) is 0 Å². The first-order valence-corrected chi connectivity index (χ1v) is 24.8. The molecule has 4 saturated heterocycles. The Balaban J connectivity index is 0.775. The lowest BCUT2D eigenvalue weighted by Crippen LogP contribution is -2.39. The van der Waals surface area contributed by atoms with Gasteiger partial charge in [0.25, 0.3) is 0 Å². The average Bonchev–Trinajstić information content (AvgIpc) is 4.12. The van der Waals surface area contributed by atoms with E-state index in [1.54, 1.807) is 0 Å². The monoisotopic (exact) mass is 839 g/mol. The Kier molecular flexibility index (Phi) is 13.2. The maximum atomic E-state index is 13.9. The van der Waals surface area contributed by atoms with E-state index in [1.165, 1.54) is 109 Å². The number of amides is 1. The maximum absolute atomic E-state index is 13.9. The lowest BCUT2D eigenvalue weighted by atomic mass is 9.85. The van der Waals surface area contributed by atoms with E-state index < -0.39 is 0 Å². The van der Waals surface area contributed by atoms with Crippen molar-refractivity contribution >= 4 is 5.91 Å². The first kappa shape index (κ1) is 42.4. The van der Waals surface area contributed by atoms with Crippen molar-refractivity contribution in [2.24, 2.45) is 17.8 Å². The predicted octanol–water partition coefficient (Wildman–Crippen LogP) is 11.4. The van der Waals surface area contributed by atoms with Gasteiger partial charge in [-0.3, -0.25) is 9.69 Å². The summed E-state index contributed by atoms with van der Waals surface area (Å²) in [6.07, 6.45) is 9.47. The van der Waals surface area contributed by atoms with Crippen molar-refractivity contribution in [1.82, 2.24) is 19.6 Å². The highest BCUT2D eigenvalue weighted by molar-refractivity contribution is 5.79. The third kappa shape index (κ3) is 10.1. The smallest absolute Gasteiger partial charge is 0.225 e. The normalized spacial score (nSPS) is 24.7. The number of piperidine rings is 2. The molecule has 0 aromatic heterocycles. The van der Waals surface area contributed by atoms with Crippen molar-refractivity contribution in [2.75, 3.05) is 65.4 Å². The molecule has 1 aliphatic carbocycles. The summed E-state index contributed by atoms with van der Waals surface area (Å²) in [5.74, 6) is 4.01. The van der Waals surface area contributed by atoms with E-state index in [0.717, 1.165) is 58.7 Å². The number of hydrogen-bond acceptors (Lipinski definition) is 4. The SMILES string of the molecule is Cc1cccc([C@H]2CN(Cc3ccccc3)C[C@@H]2CN2CCC(c3ccc(-c4cccc([C@H]5CN(C(=O)C6CCCC6)CC5CN5CCC(c6ccccc6)CC5)c4)cc3)CC2)c1. The Hall–Kier alpha value is -4.55. The number of hydrogen-bond donors (Lipinski definition) is 0. The van der Waals surface area contributed by atoms with Crippen LogP contribution in [0.2, 0.25) is 0 Å². The highest BCUT2D eigenvalue weighted by atomic mass is 16.2. The van der Waals surface area contributed by atoms with Crippen LogP contribution in [-0.2, 0) is 11.3 Å². The van der Waals surface area contributed by atoms with Gasteiger partial charge in [0.2, 0.25) is 5.91 Å². The fourth-order valence-corrected chi connectivity index (χ4v) is 12.6. The molecule has 328 valence electrons. The van der Waals surface area contributed by atoms with Gasteiger partial charge in [0.15, 0.2) is 0 Å². The van der Waals surface area contributed by atoms with Crippen LogP contribution < -0.4 is 0 Å². The van der Waals surface area contributed by atoms with Crippen LogP contribution >= 0.6 is 0 Å². The van der Waals surface area contributed by atoms with E-state index in [2.05, 4.69) is 160 Å². The van der Waals surface area contributed by atoms with E-state index in [9.17, 15) is 4.79 Å². The molecule has 0 spiro atoms. The molecule has 4 atom stereocenters.